The summed E-state index contributed by atoms with van der Waals surface area (Å²) in [6.07, 6.45) is 0. The fourth-order valence-electron chi connectivity index (χ4n) is 3.93. The quantitative estimate of drug-likeness (QED) is 0.659. The molecule has 2 heterocycles. The average molecular weight is 343 g/mol. The van der Waals surface area contributed by atoms with Crippen molar-refractivity contribution in [3.63, 3.8) is 0 Å². The zero-order valence-corrected chi connectivity index (χ0v) is 15.8. The molecule has 1 aromatic rings. The Morgan fingerprint density at radius 1 is 1.04 bits per heavy atom. The summed E-state index contributed by atoms with van der Waals surface area (Å²) in [7, 11) is 4.34. The van der Waals surface area contributed by atoms with Crippen LogP contribution >= 0.6 is 0 Å². The van der Waals surface area contributed by atoms with E-state index in [1.165, 1.54) is 22.5 Å². The maximum atomic E-state index is 6.03. The molecule has 6 heteroatoms. The third kappa shape index (κ3) is 3.35. The molecule has 6 nitrogen and oxygen atoms in total. The molecule has 0 unspecified atom stereocenters. The van der Waals surface area contributed by atoms with Gasteiger partial charge in [-0.1, -0.05) is 0 Å². The molecule has 2 aliphatic rings. The van der Waals surface area contributed by atoms with E-state index >= 15 is 0 Å². The van der Waals surface area contributed by atoms with Gasteiger partial charge in [0.25, 0.3) is 0 Å². The van der Waals surface area contributed by atoms with Gasteiger partial charge < -0.3 is 20.3 Å². The lowest BCUT2D eigenvalue weighted by atomic mass is 9.97. The normalized spacial score (nSPS) is 17.6. The van der Waals surface area contributed by atoms with Crippen LogP contribution in [0.4, 0.5) is 11.4 Å². The molecule has 0 saturated heterocycles. The molecule has 25 heavy (non-hydrogen) atoms. The number of fused-ring (bicyclic) bond motifs is 3. The monoisotopic (exact) mass is 343 g/mol. The van der Waals surface area contributed by atoms with Crippen molar-refractivity contribution in [1.29, 1.82) is 0 Å². The Labute approximate surface area is 151 Å². The topological polar surface area (TPSA) is 48.2 Å². The maximum absolute atomic E-state index is 6.03. The Hall–Kier alpha value is -2.10. The van der Waals surface area contributed by atoms with E-state index in [2.05, 4.69) is 65.6 Å². The van der Waals surface area contributed by atoms with Crippen molar-refractivity contribution in [2.45, 2.75) is 26.9 Å². The molecule has 2 aliphatic heterocycles. The molecule has 0 radical (unpaired) electrons. The molecule has 2 N–H and O–H groups in total. The Morgan fingerprint density at radius 3 is 2.32 bits per heavy atom. The smallest absolute Gasteiger partial charge is 0.150 e. The lowest BCUT2D eigenvalue weighted by Crippen LogP contribution is -2.44. The molecule has 3 rings (SSSR count). The van der Waals surface area contributed by atoms with Gasteiger partial charge in [-0.3, -0.25) is 9.80 Å². The van der Waals surface area contributed by atoms with Crippen molar-refractivity contribution in [2.75, 3.05) is 56.9 Å². The minimum atomic E-state index is 0.322. The molecule has 136 valence electrons. The predicted molar refractivity (Wildman–Crippen MR) is 103 cm³/mol. The predicted octanol–water partition coefficient (Wildman–Crippen LogP) is 1.44. The largest absolute Gasteiger partial charge is 0.479 e. The van der Waals surface area contributed by atoms with Gasteiger partial charge in [-0.05, 0) is 45.5 Å². The van der Waals surface area contributed by atoms with Gasteiger partial charge in [-0.25, -0.2) is 0 Å². The lowest BCUT2D eigenvalue weighted by molar-refractivity contribution is 0.290. The van der Waals surface area contributed by atoms with E-state index in [4.69, 9.17) is 10.5 Å². The maximum Gasteiger partial charge on any atom is 0.150 e. The van der Waals surface area contributed by atoms with Gasteiger partial charge in [0, 0.05) is 43.5 Å². The van der Waals surface area contributed by atoms with E-state index in [-0.39, 0.29) is 0 Å². The molecular formula is C19H29N5O. The first-order chi connectivity index (χ1) is 12.1. The molecule has 0 bridgehead atoms. The van der Waals surface area contributed by atoms with E-state index in [0.29, 0.717) is 6.61 Å². The summed E-state index contributed by atoms with van der Waals surface area (Å²) in [5.41, 5.74) is 10.6. The summed E-state index contributed by atoms with van der Waals surface area (Å²) in [4.78, 5) is 9.55. The highest BCUT2D eigenvalue weighted by atomic mass is 16.5. The van der Waals surface area contributed by atoms with Crippen molar-refractivity contribution in [3.8, 4) is 17.7 Å². The molecule has 0 aliphatic carbocycles. The van der Waals surface area contributed by atoms with Crippen molar-refractivity contribution < 1.29 is 4.74 Å². The van der Waals surface area contributed by atoms with Crippen LogP contribution < -0.4 is 20.3 Å². The lowest BCUT2D eigenvalue weighted by Gasteiger charge is -2.43. The van der Waals surface area contributed by atoms with E-state index in [0.717, 1.165) is 45.3 Å². The number of anilines is 2. The first-order valence-electron chi connectivity index (χ1n) is 8.96. The van der Waals surface area contributed by atoms with Gasteiger partial charge in [0.05, 0.1) is 19.0 Å². The number of ether oxygens (including phenoxy) is 1. The number of benzene rings is 1. The molecule has 0 atom stereocenters. The average Bonchev–Trinajstić information content (AvgIpc) is 2.59. The highest BCUT2D eigenvalue weighted by molar-refractivity contribution is 5.78. The van der Waals surface area contributed by atoms with Crippen LogP contribution in [0.3, 0.4) is 0 Å². The van der Waals surface area contributed by atoms with E-state index in [1.54, 1.807) is 0 Å². The number of rotatable bonds is 4. The number of nitrogens with zero attached hydrogens (tertiary/aromatic N) is 4. The van der Waals surface area contributed by atoms with Crippen LogP contribution in [0, 0.1) is 12.0 Å². The van der Waals surface area contributed by atoms with Crippen molar-refractivity contribution in [1.82, 2.24) is 9.80 Å². The second-order valence-corrected chi connectivity index (χ2v) is 6.84. The molecule has 0 fully saturated rings. The molecule has 0 spiro atoms. The minimum absolute atomic E-state index is 0.322. The second kappa shape index (κ2) is 7.42. The minimum Gasteiger partial charge on any atom is -0.479 e. The Balaban J connectivity index is 2.15. The Morgan fingerprint density at radius 2 is 1.68 bits per heavy atom. The van der Waals surface area contributed by atoms with Crippen LogP contribution in [-0.4, -0.2) is 56.9 Å². The zero-order chi connectivity index (χ0) is 18.0. The van der Waals surface area contributed by atoms with Crippen LogP contribution in [0.2, 0.25) is 0 Å². The van der Waals surface area contributed by atoms with Crippen LogP contribution in [-0.2, 0) is 13.1 Å². The number of nitrogens with two attached hydrogens (primary N) is 1. The first kappa shape index (κ1) is 17.7. The molecular weight excluding hydrogens is 314 g/mol. The highest BCUT2D eigenvalue weighted by Crippen LogP contribution is 2.45. The SMILES string of the molecule is CCN1CN(C)Cc2cc(OCC#CN)c3c(c21)CN(C)CN3CC. The highest BCUT2D eigenvalue weighted by Gasteiger charge is 2.32. The van der Waals surface area contributed by atoms with Gasteiger partial charge >= 0.3 is 0 Å². The van der Waals surface area contributed by atoms with Crippen LogP contribution in [0.1, 0.15) is 25.0 Å². The summed E-state index contributed by atoms with van der Waals surface area (Å²) >= 11 is 0. The van der Waals surface area contributed by atoms with Gasteiger partial charge in [0.1, 0.15) is 5.75 Å². The Kier molecular flexibility index (Phi) is 5.26. The van der Waals surface area contributed by atoms with E-state index in [1.807, 2.05) is 0 Å². The van der Waals surface area contributed by atoms with Crippen LogP contribution in [0.5, 0.6) is 5.75 Å². The summed E-state index contributed by atoms with van der Waals surface area (Å²) in [5, 5.41) is 0. The van der Waals surface area contributed by atoms with Gasteiger partial charge in [-0.15, -0.1) is 0 Å². The second-order valence-electron chi connectivity index (χ2n) is 6.84. The summed E-state index contributed by atoms with van der Waals surface area (Å²) in [6, 6.07) is 4.63. The number of hydrogen-bond acceptors (Lipinski definition) is 6. The van der Waals surface area contributed by atoms with Crippen LogP contribution in [0.15, 0.2) is 6.07 Å². The molecule has 1 aromatic carbocycles. The van der Waals surface area contributed by atoms with Gasteiger partial charge in [-0.2, -0.15) is 0 Å². The van der Waals surface area contributed by atoms with Crippen molar-refractivity contribution >= 4 is 11.4 Å². The molecule has 0 amide bonds. The fourth-order valence-corrected chi connectivity index (χ4v) is 3.93. The summed E-state index contributed by atoms with van der Waals surface area (Å²) in [5.74, 6) is 3.74. The summed E-state index contributed by atoms with van der Waals surface area (Å²) < 4.78 is 6.03. The first-order valence-corrected chi connectivity index (χ1v) is 8.96. The van der Waals surface area contributed by atoms with Gasteiger partial charge in [0.2, 0.25) is 0 Å². The van der Waals surface area contributed by atoms with Crippen molar-refractivity contribution in [2.24, 2.45) is 5.73 Å². The van der Waals surface area contributed by atoms with Crippen molar-refractivity contribution in [3.05, 3.63) is 17.2 Å². The third-order valence-corrected chi connectivity index (χ3v) is 4.90. The van der Waals surface area contributed by atoms with Crippen LogP contribution in [0.25, 0.3) is 0 Å². The number of hydrogen-bond donors (Lipinski definition) is 1. The molecule has 0 saturated carbocycles. The fraction of sp³-hybridized carbons (Fsp3) is 0.579. The summed E-state index contributed by atoms with van der Waals surface area (Å²) in [6.45, 7) is 10.4. The van der Waals surface area contributed by atoms with E-state index in [9.17, 15) is 0 Å². The third-order valence-electron chi connectivity index (χ3n) is 4.90. The zero-order valence-electron chi connectivity index (χ0n) is 15.8. The Bertz CT molecular complexity index is 693. The molecule has 0 aromatic heterocycles. The van der Waals surface area contributed by atoms with E-state index < -0.39 is 0 Å². The standard InChI is InChI=1S/C19H29N5O/c1-5-23-13-21(3)11-15-10-17(25-9-7-8-20)19-16(18(15)23)12-22(4)14-24(19)6-2/h10H,5-6,9,11-14,20H2,1-4H3. The van der Waals surface area contributed by atoms with Gasteiger partial charge in [0.15, 0.2) is 6.61 Å².